The van der Waals surface area contributed by atoms with Crippen LogP contribution in [-0.4, -0.2) is 47.5 Å². The van der Waals surface area contributed by atoms with Crippen LogP contribution in [0.1, 0.15) is 41.5 Å². The molecule has 0 fully saturated rings. The molecule has 0 radical (unpaired) electrons. The molecule has 2 aliphatic rings. The molecule has 0 atom stereocenters. The molecule has 7 heteroatoms. The number of rotatable bonds is 2. The molecule has 128 valence electrons. The molecule has 0 N–H and O–H groups in total. The fourth-order valence-electron chi connectivity index (χ4n) is 3.57. The van der Waals surface area contributed by atoms with Crippen LogP contribution in [0.25, 0.3) is 0 Å². The van der Waals surface area contributed by atoms with Gasteiger partial charge in [-0.1, -0.05) is 0 Å². The van der Waals surface area contributed by atoms with Gasteiger partial charge in [-0.25, -0.2) is 0 Å². The maximum atomic E-state index is 2.64. The largest absolute Gasteiger partial charge is 1.00 e. The van der Waals surface area contributed by atoms with E-state index in [4.69, 9.17) is 0 Å². The van der Waals surface area contributed by atoms with E-state index >= 15 is 0 Å². The predicted octanol–water partition coefficient (Wildman–Crippen LogP) is -2.61. The first-order valence-corrected chi connectivity index (χ1v) is 10.7. The molecule has 0 saturated carbocycles. The molecular formula is C16H30B2Cl2N2Zr. The number of hydrogen-bond acceptors (Lipinski definition) is 2. The van der Waals surface area contributed by atoms with Gasteiger partial charge in [0.1, 0.15) is 0 Å². The third-order valence-electron chi connectivity index (χ3n) is 4.86. The minimum Gasteiger partial charge on any atom is -1.00 e. The van der Waals surface area contributed by atoms with Crippen molar-refractivity contribution in [2.45, 2.75) is 66.3 Å². The quantitative estimate of drug-likeness (QED) is 0.440. The maximum Gasteiger partial charge on any atom is -1.00 e. The average Bonchev–Trinajstić information content (AvgIpc) is 2.83. The van der Waals surface area contributed by atoms with Gasteiger partial charge in [0.2, 0.25) is 0 Å². The van der Waals surface area contributed by atoms with Gasteiger partial charge in [-0.15, -0.1) is 0 Å². The van der Waals surface area contributed by atoms with Gasteiger partial charge in [0.05, 0.1) is 0 Å². The summed E-state index contributed by atoms with van der Waals surface area (Å²) in [4.78, 5) is 5.29. The first kappa shape index (κ1) is 24.0. The summed E-state index contributed by atoms with van der Waals surface area (Å²) in [6.07, 6.45) is 5.07. The monoisotopic (exact) mass is 432 g/mol. The van der Waals surface area contributed by atoms with Crippen molar-refractivity contribution in [1.82, 2.24) is 9.62 Å². The molecule has 0 aliphatic carbocycles. The van der Waals surface area contributed by atoms with E-state index in [1.165, 1.54) is 0 Å². The van der Waals surface area contributed by atoms with E-state index in [0.717, 1.165) is 13.1 Å². The minimum absolute atomic E-state index is 0. The predicted molar refractivity (Wildman–Crippen MR) is 92.3 cm³/mol. The van der Waals surface area contributed by atoms with Crippen molar-refractivity contribution in [2.75, 3.05) is 13.1 Å². The van der Waals surface area contributed by atoms with Crippen LogP contribution in [0.15, 0.2) is 18.5 Å². The number of hydrogen-bond donors (Lipinski definition) is 0. The fraction of sp³-hybridized carbons (Fsp3) is 0.750. The SMILES string of the molecule is CB1[C]([Zr+2][C]2=CCN(C(C)(C)C)B2C)=CCN1C(C)(C)C.[Cl-].[Cl-]. The van der Waals surface area contributed by atoms with Crippen molar-refractivity contribution >= 4 is 13.7 Å². The number of nitrogens with zero attached hydrogens (tertiary/aromatic N) is 2. The van der Waals surface area contributed by atoms with Crippen LogP contribution in [0.2, 0.25) is 13.6 Å². The normalized spacial score (nSPS) is 19.8. The van der Waals surface area contributed by atoms with Gasteiger partial charge < -0.3 is 24.8 Å². The maximum absolute atomic E-state index is 2.64. The second-order valence-electron chi connectivity index (χ2n) is 8.44. The Bertz CT molecular complexity index is 428. The van der Waals surface area contributed by atoms with Crippen LogP contribution in [0.4, 0.5) is 0 Å². The van der Waals surface area contributed by atoms with Crippen LogP contribution in [0.3, 0.4) is 0 Å². The van der Waals surface area contributed by atoms with Gasteiger partial charge in [-0.2, -0.15) is 0 Å². The van der Waals surface area contributed by atoms with E-state index < -0.39 is 23.2 Å². The van der Waals surface area contributed by atoms with Crippen LogP contribution < -0.4 is 24.8 Å². The molecule has 23 heavy (non-hydrogen) atoms. The molecule has 0 bridgehead atoms. The van der Waals surface area contributed by atoms with Crippen molar-refractivity contribution in [3.05, 3.63) is 18.5 Å². The van der Waals surface area contributed by atoms with Crippen LogP contribution in [-0.2, 0) is 23.2 Å². The fourth-order valence-corrected chi connectivity index (χ4v) is 7.14. The van der Waals surface area contributed by atoms with Crippen LogP contribution in [0.5, 0.6) is 0 Å². The Morgan fingerprint density at radius 2 is 1.09 bits per heavy atom. The van der Waals surface area contributed by atoms with E-state index in [1.807, 2.05) is 0 Å². The summed E-state index contributed by atoms with van der Waals surface area (Å²) in [6, 6.07) is 0. The molecule has 2 aliphatic heterocycles. The molecule has 0 spiro atoms. The van der Waals surface area contributed by atoms with Gasteiger partial charge in [0.15, 0.2) is 0 Å². The van der Waals surface area contributed by atoms with Gasteiger partial charge in [-0.3, -0.25) is 0 Å². The molecule has 0 amide bonds. The van der Waals surface area contributed by atoms with E-state index in [-0.39, 0.29) is 35.9 Å². The Kier molecular flexibility index (Phi) is 8.96. The average molecular weight is 434 g/mol. The summed E-state index contributed by atoms with van der Waals surface area (Å²) < 4.78 is 3.56. The molecular weight excluding hydrogens is 404 g/mol. The summed E-state index contributed by atoms with van der Waals surface area (Å²) in [7, 11) is 0. The number of halogens is 2. The van der Waals surface area contributed by atoms with Gasteiger partial charge >= 0.3 is 144 Å². The molecule has 2 nitrogen and oxygen atoms in total. The van der Waals surface area contributed by atoms with Crippen molar-refractivity contribution < 1.29 is 48.0 Å². The molecule has 0 unspecified atom stereocenters. The van der Waals surface area contributed by atoms with Gasteiger partial charge in [0.25, 0.3) is 0 Å². The smallest absolute Gasteiger partial charge is 1.00 e. The minimum atomic E-state index is -0.591. The molecule has 0 aromatic rings. The van der Waals surface area contributed by atoms with Crippen molar-refractivity contribution in [2.24, 2.45) is 0 Å². The third kappa shape index (κ3) is 5.48. The molecule has 2 rings (SSSR count). The Hall–Kier alpha value is 0.993. The van der Waals surface area contributed by atoms with Crippen molar-refractivity contribution in [3.8, 4) is 0 Å². The Labute approximate surface area is 168 Å². The summed E-state index contributed by atoms with van der Waals surface area (Å²) in [5.41, 5.74) is 0.564. The third-order valence-corrected chi connectivity index (χ3v) is 9.34. The first-order valence-electron chi connectivity index (χ1n) is 8.22. The first-order chi connectivity index (χ1) is 9.51. The Balaban J connectivity index is 0.00000242. The van der Waals surface area contributed by atoms with E-state index in [2.05, 4.69) is 77.0 Å². The summed E-state index contributed by atoms with van der Waals surface area (Å²) >= 11 is -0.591. The second kappa shape index (κ2) is 8.58. The zero-order valence-corrected chi connectivity index (χ0v) is 19.8. The van der Waals surface area contributed by atoms with Gasteiger partial charge in [0, 0.05) is 0 Å². The summed E-state index contributed by atoms with van der Waals surface area (Å²) in [5.74, 6) is 0. The topological polar surface area (TPSA) is 6.48 Å². The van der Waals surface area contributed by atoms with E-state index in [1.54, 1.807) is 6.36 Å². The molecule has 0 aromatic heterocycles. The second-order valence-corrected chi connectivity index (χ2v) is 11.9. The van der Waals surface area contributed by atoms with Crippen molar-refractivity contribution in [1.29, 1.82) is 0 Å². The Morgan fingerprint density at radius 3 is 1.30 bits per heavy atom. The van der Waals surface area contributed by atoms with E-state index in [0.29, 0.717) is 13.7 Å². The zero-order chi connectivity index (χ0) is 16.0. The van der Waals surface area contributed by atoms with Crippen LogP contribution >= 0.6 is 0 Å². The molecule has 0 aromatic carbocycles. The van der Waals surface area contributed by atoms with Crippen molar-refractivity contribution in [3.63, 3.8) is 0 Å². The summed E-state index contributed by atoms with van der Waals surface area (Å²) in [5, 5.41) is 0. The summed E-state index contributed by atoms with van der Waals surface area (Å²) in [6.45, 7) is 22.4. The molecule has 0 saturated heterocycles. The molecule has 2 heterocycles. The Morgan fingerprint density at radius 1 is 0.783 bits per heavy atom. The zero-order valence-electron chi connectivity index (χ0n) is 15.9. The van der Waals surface area contributed by atoms with E-state index in [9.17, 15) is 0 Å². The van der Waals surface area contributed by atoms with Crippen LogP contribution in [0, 0.1) is 0 Å². The van der Waals surface area contributed by atoms with Gasteiger partial charge in [-0.05, 0) is 0 Å². The standard InChI is InChI=1S/2C8H15BN.2ClH.Zr/c2*1-8(2,3)10-7-5-6-9(10)4;;;/h2*5H,7H2,1-4H3;2*1H;/q;;;;+2/p-2.